The van der Waals surface area contributed by atoms with Crippen molar-refractivity contribution in [2.75, 3.05) is 11.9 Å². The molecule has 0 fully saturated rings. The molecule has 0 bridgehead atoms. The van der Waals surface area contributed by atoms with Gasteiger partial charge >= 0.3 is 0 Å². The first-order valence-electron chi connectivity index (χ1n) is 5.87. The fourth-order valence-corrected chi connectivity index (χ4v) is 1.98. The zero-order valence-corrected chi connectivity index (χ0v) is 11.9. The van der Waals surface area contributed by atoms with E-state index in [0.717, 1.165) is 30.3 Å². The second kappa shape index (κ2) is 5.63. The molecule has 0 saturated carbocycles. The molecule has 0 spiro atoms. The number of nitrogens with one attached hydrogen (secondary N) is 1. The van der Waals surface area contributed by atoms with E-state index in [4.69, 9.17) is 23.2 Å². The number of anilines is 1. The van der Waals surface area contributed by atoms with Crippen LogP contribution in [0.1, 0.15) is 19.0 Å². The fraction of sp³-hybridized carbons (Fsp3) is 0.308. The molecule has 0 amide bonds. The van der Waals surface area contributed by atoms with E-state index >= 15 is 0 Å². The van der Waals surface area contributed by atoms with E-state index in [0.29, 0.717) is 10.0 Å². The van der Waals surface area contributed by atoms with Crippen LogP contribution in [0.4, 0.5) is 5.95 Å². The van der Waals surface area contributed by atoms with Crippen LogP contribution >= 0.6 is 23.2 Å². The van der Waals surface area contributed by atoms with Gasteiger partial charge in [-0.3, -0.25) is 4.57 Å². The summed E-state index contributed by atoms with van der Waals surface area (Å²) in [7, 11) is 0. The molecule has 0 atom stereocenters. The van der Waals surface area contributed by atoms with E-state index in [1.54, 1.807) is 6.07 Å². The van der Waals surface area contributed by atoms with E-state index < -0.39 is 0 Å². The van der Waals surface area contributed by atoms with Gasteiger partial charge in [0.2, 0.25) is 5.95 Å². The highest BCUT2D eigenvalue weighted by molar-refractivity contribution is 6.42. The summed E-state index contributed by atoms with van der Waals surface area (Å²) in [6.07, 6.45) is 3.02. The summed E-state index contributed by atoms with van der Waals surface area (Å²) in [4.78, 5) is 4.45. The van der Waals surface area contributed by atoms with Gasteiger partial charge in [0.05, 0.1) is 21.4 Å². The minimum Gasteiger partial charge on any atom is -0.355 e. The fourth-order valence-electron chi connectivity index (χ4n) is 1.69. The summed E-state index contributed by atoms with van der Waals surface area (Å²) < 4.78 is 1.98. The lowest BCUT2D eigenvalue weighted by Gasteiger charge is -2.09. The first-order chi connectivity index (χ1) is 8.61. The molecule has 0 aliphatic rings. The van der Waals surface area contributed by atoms with Crippen molar-refractivity contribution in [3.8, 4) is 5.69 Å². The molecule has 1 N–H and O–H groups in total. The summed E-state index contributed by atoms with van der Waals surface area (Å²) in [5.41, 5.74) is 1.91. The van der Waals surface area contributed by atoms with Gasteiger partial charge in [0.15, 0.2) is 0 Å². The van der Waals surface area contributed by atoms with Crippen molar-refractivity contribution in [1.29, 1.82) is 0 Å². The predicted octanol–water partition coefficient (Wildman–Crippen LogP) is 4.31. The molecule has 18 heavy (non-hydrogen) atoms. The van der Waals surface area contributed by atoms with Crippen molar-refractivity contribution in [2.24, 2.45) is 0 Å². The molecular weight excluding hydrogens is 269 g/mol. The van der Waals surface area contributed by atoms with Crippen molar-refractivity contribution in [3.63, 3.8) is 0 Å². The van der Waals surface area contributed by atoms with Crippen molar-refractivity contribution in [2.45, 2.75) is 20.3 Å². The molecule has 2 aromatic rings. The van der Waals surface area contributed by atoms with Crippen molar-refractivity contribution in [1.82, 2.24) is 9.55 Å². The number of aromatic nitrogens is 2. The first-order valence-corrected chi connectivity index (χ1v) is 6.62. The molecule has 1 aromatic carbocycles. The van der Waals surface area contributed by atoms with E-state index in [2.05, 4.69) is 17.2 Å². The largest absolute Gasteiger partial charge is 0.355 e. The Labute approximate surface area is 117 Å². The van der Waals surface area contributed by atoms with Gasteiger partial charge in [0.1, 0.15) is 0 Å². The summed E-state index contributed by atoms with van der Waals surface area (Å²) >= 11 is 12.0. The third kappa shape index (κ3) is 2.79. The number of aryl methyl sites for hydroxylation is 1. The Morgan fingerprint density at radius 3 is 2.72 bits per heavy atom. The summed E-state index contributed by atoms with van der Waals surface area (Å²) in [6, 6.07) is 5.55. The second-order valence-electron chi connectivity index (χ2n) is 4.10. The third-order valence-electron chi connectivity index (χ3n) is 2.54. The van der Waals surface area contributed by atoms with Gasteiger partial charge in [-0.25, -0.2) is 4.98 Å². The van der Waals surface area contributed by atoms with Gasteiger partial charge in [-0.15, -0.1) is 0 Å². The summed E-state index contributed by atoms with van der Waals surface area (Å²) in [5.74, 6) is 0.827. The molecule has 96 valence electrons. The molecule has 5 heteroatoms. The molecule has 0 radical (unpaired) electrons. The lowest BCUT2D eigenvalue weighted by molar-refractivity contribution is 0.937. The Kier molecular flexibility index (Phi) is 4.15. The Balaban J connectivity index is 2.39. The van der Waals surface area contributed by atoms with Gasteiger partial charge in [0, 0.05) is 12.7 Å². The van der Waals surface area contributed by atoms with Crippen LogP contribution in [0.25, 0.3) is 5.69 Å². The maximum Gasteiger partial charge on any atom is 0.207 e. The minimum atomic E-state index is 0.543. The minimum absolute atomic E-state index is 0.543. The van der Waals surface area contributed by atoms with Crippen LogP contribution in [0.5, 0.6) is 0 Å². The normalized spacial score (nSPS) is 10.7. The quantitative estimate of drug-likeness (QED) is 0.906. The van der Waals surface area contributed by atoms with Gasteiger partial charge in [-0.1, -0.05) is 30.1 Å². The highest BCUT2D eigenvalue weighted by Crippen LogP contribution is 2.26. The molecule has 1 heterocycles. The van der Waals surface area contributed by atoms with E-state index in [1.807, 2.05) is 29.8 Å². The number of nitrogens with zero attached hydrogens (tertiary/aromatic N) is 2. The first kappa shape index (κ1) is 13.2. The van der Waals surface area contributed by atoms with Crippen LogP contribution in [0, 0.1) is 6.92 Å². The van der Waals surface area contributed by atoms with Crippen molar-refractivity contribution < 1.29 is 0 Å². The Bertz CT molecular complexity index is 549. The Morgan fingerprint density at radius 2 is 2.06 bits per heavy atom. The average Bonchev–Trinajstić information content (AvgIpc) is 2.71. The highest BCUT2D eigenvalue weighted by atomic mass is 35.5. The second-order valence-corrected chi connectivity index (χ2v) is 4.92. The van der Waals surface area contributed by atoms with Crippen molar-refractivity contribution >= 4 is 29.2 Å². The van der Waals surface area contributed by atoms with E-state index in [9.17, 15) is 0 Å². The monoisotopic (exact) mass is 283 g/mol. The van der Waals surface area contributed by atoms with E-state index in [1.165, 1.54) is 0 Å². The van der Waals surface area contributed by atoms with Crippen molar-refractivity contribution in [3.05, 3.63) is 40.1 Å². The third-order valence-corrected chi connectivity index (χ3v) is 3.28. The topological polar surface area (TPSA) is 29.9 Å². The number of hydrogen-bond acceptors (Lipinski definition) is 2. The Morgan fingerprint density at radius 1 is 1.28 bits per heavy atom. The highest BCUT2D eigenvalue weighted by Gasteiger charge is 2.08. The van der Waals surface area contributed by atoms with Crippen LogP contribution in [-0.4, -0.2) is 16.1 Å². The van der Waals surface area contributed by atoms with Crippen LogP contribution in [-0.2, 0) is 0 Å². The maximum atomic E-state index is 6.04. The van der Waals surface area contributed by atoms with Crippen LogP contribution < -0.4 is 5.32 Å². The molecule has 0 saturated heterocycles. The molecule has 0 aliphatic carbocycles. The molecule has 3 nitrogen and oxygen atoms in total. The number of rotatable bonds is 4. The lowest BCUT2D eigenvalue weighted by atomic mass is 10.3. The summed E-state index contributed by atoms with van der Waals surface area (Å²) in [5, 5.41) is 4.39. The molecule has 0 unspecified atom stereocenters. The van der Waals surface area contributed by atoms with Crippen LogP contribution in [0.15, 0.2) is 24.4 Å². The maximum absolute atomic E-state index is 6.04. The zero-order valence-electron chi connectivity index (χ0n) is 10.4. The van der Waals surface area contributed by atoms with Gasteiger partial charge < -0.3 is 5.32 Å². The Hall–Kier alpha value is -1.19. The lowest BCUT2D eigenvalue weighted by Crippen LogP contribution is -2.06. The summed E-state index contributed by atoms with van der Waals surface area (Å²) in [6.45, 7) is 4.97. The van der Waals surface area contributed by atoms with Crippen LogP contribution in [0.3, 0.4) is 0 Å². The SMILES string of the molecule is CCCNc1nc(C)cn1-c1ccc(Cl)c(Cl)c1. The number of imidazole rings is 1. The molecule has 1 aromatic heterocycles. The molecule has 0 aliphatic heterocycles. The smallest absolute Gasteiger partial charge is 0.207 e. The molecule has 2 rings (SSSR count). The van der Waals surface area contributed by atoms with Gasteiger partial charge in [-0.2, -0.15) is 0 Å². The number of halogens is 2. The average molecular weight is 284 g/mol. The zero-order chi connectivity index (χ0) is 13.1. The predicted molar refractivity (Wildman–Crippen MR) is 77.1 cm³/mol. The number of benzene rings is 1. The van der Waals surface area contributed by atoms with Gasteiger partial charge in [-0.05, 0) is 31.5 Å². The van der Waals surface area contributed by atoms with Gasteiger partial charge in [0.25, 0.3) is 0 Å². The number of hydrogen-bond donors (Lipinski definition) is 1. The molecular formula is C13H15Cl2N3. The standard InChI is InChI=1S/C13H15Cl2N3/c1-3-6-16-13-17-9(2)8-18(13)10-4-5-11(14)12(15)7-10/h4-5,7-8H,3,6H2,1-2H3,(H,16,17). The van der Waals surface area contributed by atoms with Crippen LogP contribution in [0.2, 0.25) is 10.0 Å². The van der Waals surface area contributed by atoms with E-state index in [-0.39, 0.29) is 0 Å².